The van der Waals surface area contributed by atoms with Crippen LogP contribution in [0.3, 0.4) is 0 Å². The van der Waals surface area contributed by atoms with Crippen LogP contribution in [0.15, 0.2) is 48.5 Å². The minimum absolute atomic E-state index is 0.000473. The molecule has 2 aromatic carbocycles. The first kappa shape index (κ1) is 26.4. The van der Waals surface area contributed by atoms with Crippen LogP contribution in [0.5, 0.6) is 5.88 Å². The molecule has 7 nitrogen and oxygen atoms in total. The zero-order chi connectivity index (χ0) is 27.1. The normalized spacial score (nSPS) is 22.5. The Balaban J connectivity index is 1.28. The van der Waals surface area contributed by atoms with Gasteiger partial charge in [-0.15, -0.1) is 0 Å². The second kappa shape index (κ2) is 10.6. The number of carbonyl (C=O) groups is 1. The number of aryl methyl sites for hydroxylation is 1. The number of halogens is 2. The van der Waals surface area contributed by atoms with Crippen molar-refractivity contribution in [3.8, 4) is 28.3 Å². The van der Waals surface area contributed by atoms with Crippen LogP contribution in [0.2, 0.25) is 10.0 Å². The highest BCUT2D eigenvalue weighted by atomic mass is 35.5. The van der Waals surface area contributed by atoms with E-state index in [-0.39, 0.29) is 17.6 Å². The Labute approximate surface area is 239 Å². The van der Waals surface area contributed by atoms with E-state index >= 15 is 0 Å². The zero-order valence-corrected chi connectivity index (χ0v) is 23.7. The van der Waals surface area contributed by atoms with Gasteiger partial charge in [0, 0.05) is 66.6 Å². The summed E-state index contributed by atoms with van der Waals surface area (Å²) >= 11 is 13.4. The molecule has 3 aliphatic rings. The SMILES string of the molecule is COCCN1C[C@]2(CCN([C@@H]3CCc4cc(-c5cccc(-c6ccccc6Cl)c5Cl)nc(OC)c43)C2)NC1=O. The van der Waals surface area contributed by atoms with Gasteiger partial charge >= 0.3 is 6.03 Å². The van der Waals surface area contributed by atoms with E-state index in [1.54, 1.807) is 14.2 Å². The monoisotopic (exact) mass is 566 g/mol. The fourth-order valence-electron chi connectivity index (χ4n) is 6.42. The van der Waals surface area contributed by atoms with Crippen LogP contribution in [-0.4, -0.2) is 73.4 Å². The number of fused-ring (bicyclic) bond motifs is 1. The van der Waals surface area contributed by atoms with Gasteiger partial charge in [-0.25, -0.2) is 9.78 Å². The number of ether oxygens (including phenoxy) is 2. The maximum absolute atomic E-state index is 12.6. The van der Waals surface area contributed by atoms with Crippen molar-refractivity contribution in [2.75, 3.05) is 47.0 Å². The van der Waals surface area contributed by atoms with Crippen LogP contribution >= 0.6 is 23.2 Å². The summed E-state index contributed by atoms with van der Waals surface area (Å²) in [4.78, 5) is 21.9. The van der Waals surface area contributed by atoms with E-state index in [1.807, 2.05) is 47.4 Å². The molecule has 204 valence electrons. The van der Waals surface area contributed by atoms with Gasteiger partial charge in [0.1, 0.15) is 0 Å². The summed E-state index contributed by atoms with van der Waals surface area (Å²) in [7, 11) is 3.34. The zero-order valence-electron chi connectivity index (χ0n) is 22.2. The van der Waals surface area contributed by atoms with Gasteiger partial charge < -0.3 is 19.7 Å². The van der Waals surface area contributed by atoms with E-state index in [0.29, 0.717) is 35.6 Å². The van der Waals surface area contributed by atoms with Crippen molar-refractivity contribution in [3.63, 3.8) is 0 Å². The number of hydrogen-bond donors (Lipinski definition) is 1. The number of aromatic nitrogens is 1. The van der Waals surface area contributed by atoms with E-state index in [2.05, 4.69) is 16.3 Å². The van der Waals surface area contributed by atoms with Crippen molar-refractivity contribution in [2.24, 2.45) is 0 Å². The molecule has 0 bridgehead atoms. The summed E-state index contributed by atoms with van der Waals surface area (Å²) in [5, 5.41) is 4.54. The van der Waals surface area contributed by atoms with E-state index in [1.165, 1.54) is 5.56 Å². The second-order valence-electron chi connectivity index (χ2n) is 10.6. The number of methoxy groups -OCH3 is 2. The standard InChI is InChI=1S/C30H32Cl2N4O3/c1-38-15-14-36-18-30(34-29(36)37)12-13-35(17-30)25-11-10-19-16-24(33-28(39-2)26(19)25)22-8-5-7-21(27(22)32)20-6-3-4-9-23(20)31/h3-9,16,25H,10-15,17-18H2,1-2H3,(H,34,37)/t25-,30-/m1/s1. The average Bonchev–Trinajstić information content (AvgIpc) is 3.63. The molecule has 1 spiro atoms. The number of urea groups is 1. The molecule has 2 aliphatic heterocycles. The molecule has 2 saturated heterocycles. The molecular formula is C30H32Cl2N4O3. The van der Waals surface area contributed by atoms with Crippen molar-refractivity contribution in [1.29, 1.82) is 0 Å². The Hall–Kier alpha value is -2.84. The van der Waals surface area contributed by atoms with Gasteiger partial charge in [-0.05, 0) is 37.0 Å². The largest absolute Gasteiger partial charge is 0.481 e. The molecule has 1 aromatic heterocycles. The summed E-state index contributed by atoms with van der Waals surface area (Å²) in [6, 6.07) is 16.0. The lowest BCUT2D eigenvalue weighted by Gasteiger charge is -2.28. The molecule has 2 atom stereocenters. The Morgan fingerprint density at radius 2 is 1.87 bits per heavy atom. The van der Waals surface area contributed by atoms with Crippen LogP contribution in [0.4, 0.5) is 4.79 Å². The number of hydrogen-bond acceptors (Lipinski definition) is 5. The third-order valence-corrected chi connectivity index (χ3v) is 9.04. The Morgan fingerprint density at radius 1 is 1.08 bits per heavy atom. The minimum atomic E-state index is -0.221. The predicted octanol–water partition coefficient (Wildman–Crippen LogP) is 5.83. The predicted molar refractivity (Wildman–Crippen MR) is 154 cm³/mol. The number of nitrogens with zero attached hydrogens (tertiary/aromatic N) is 3. The fraction of sp³-hybridized carbons (Fsp3) is 0.400. The number of likely N-dealkylation sites (tertiary alicyclic amines) is 1. The molecule has 0 saturated carbocycles. The van der Waals surface area contributed by atoms with Gasteiger partial charge in [-0.3, -0.25) is 4.90 Å². The maximum atomic E-state index is 12.6. The molecule has 39 heavy (non-hydrogen) atoms. The van der Waals surface area contributed by atoms with Gasteiger partial charge in [0.15, 0.2) is 0 Å². The molecule has 3 aromatic rings. The number of nitrogens with one attached hydrogen (secondary N) is 1. The lowest BCUT2D eigenvalue weighted by atomic mass is 9.99. The van der Waals surface area contributed by atoms with Crippen LogP contribution < -0.4 is 10.1 Å². The topological polar surface area (TPSA) is 66.9 Å². The number of benzene rings is 2. The lowest BCUT2D eigenvalue weighted by molar-refractivity contribution is 0.158. The smallest absolute Gasteiger partial charge is 0.318 e. The van der Waals surface area contributed by atoms with E-state index in [0.717, 1.165) is 60.3 Å². The van der Waals surface area contributed by atoms with E-state index < -0.39 is 0 Å². The molecule has 0 radical (unpaired) electrons. The Morgan fingerprint density at radius 3 is 2.67 bits per heavy atom. The highest BCUT2D eigenvalue weighted by Crippen LogP contribution is 2.46. The van der Waals surface area contributed by atoms with Crippen LogP contribution in [0, 0.1) is 0 Å². The summed E-state index contributed by atoms with van der Waals surface area (Å²) in [5.74, 6) is 0.641. The third kappa shape index (κ3) is 4.76. The number of amides is 2. The maximum Gasteiger partial charge on any atom is 0.318 e. The van der Waals surface area contributed by atoms with Crippen molar-refractivity contribution >= 4 is 29.2 Å². The van der Waals surface area contributed by atoms with Crippen LogP contribution in [0.1, 0.15) is 30.0 Å². The summed E-state index contributed by atoms with van der Waals surface area (Å²) in [6.07, 6.45) is 2.84. The van der Waals surface area contributed by atoms with E-state index in [9.17, 15) is 4.79 Å². The van der Waals surface area contributed by atoms with Gasteiger partial charge in [0.2, 0.25) is 5.88 Å². The fourth-order valence-corrected chi connectivity index (χ4v) is 6.99. The molecule has 3 heterocycles. The van der Waals surface area contributed by atoms with Crippen molar-refractivity contribution in [1.82, 2.24) is 20.1 Å². The van der Waals surface area contributed by atoms with Crippen molar-refractivity contribution in [2.45, 2.75) is 30.8 Å². The summed E-state index contributed by atoms with van der Waals surface area (Å²) < 4.78 is 11.1. The minimum Gasteiger partial charge on any atom is -0.481 e. The first-order valence-corrected chi connectivity index (χ1v) is 14.1. The highest BCUT2D eigenvalue weighted by molar-refractivity contribution is 6.38. The molecule has 1 N–H and O–H groups in total. The molecule has 9 heteroatoms. The molecule has 2 amide bonds. The van der Waals surface area contributed by atoms with Gasteiger partial charge in [0.05, 0.1) is 30.0 Å². The Kier molecular flexibility index (Phi) is 7.18. The third-order valence-electron chi connectivity index (χ3n) is 8.30. The first-order chi connectivity index (χ1) is 18.9. The van der Waals surface area contributed by atoms with Gasteiger partial charge in [-0.2, -0.15) is 0 Å². The van der Waals surface area contributed by atoms with Crippen LogP contribution in [0.25, 0.3) is 22.4 Å². The van der Waals surface area contributed by atoms with Gasteiger partial charge in [-0.1, -0.05) is 59.6 Å². The Bertz CT molecular complexity index is 1420. The number of carbonyl (C=O) groups excluding carboxylic acids is 1. The summed E-state index contributed by atoms with van der Waals surface area (Å²) in [5.41, 5.74) is 5.57. The quantitative estimate of drug-likeness (QED) is 0.389. The van der Waals surface area contributed by atoms with Crippen molar-refractivity contribution in [3.05, 3.63) is 69.7 Å². The van der Waals surface area contributed by atoms with Gasteiger partial charge in [0.25, 0.3) is 0 Å². The lowest BCUT2D eigenvalue weighted by Crippen LogP contribution is -2.46. The molecule has 2 fully saturated rings. The van der Waals surface area contributed by atoms with E-state index in [4.69, 9.17) is 37.7 Å². The average molecular weight is 568 g/mol. The molecular weight excluding hydrogens is 535 g/mol. The number of rotatable bonds is 7. The first-order valence-electron chi connectivity index (χ1n) is 13.3. The molecule has 0 unspecified atom stereocenters. The highest BCUT2D eigenvalue weighted by Gasteiger charge is 2.49. The number of pyridine rings is 1. The van der Waals surface area contributed by atoms with Crippen LogP contribution in [-0.2, 0) is 11.2 Å². The van der Waals surface area contributed by atoms with Crippen molar-refractivity contribution < 1.29 is 14.3 Å². The second-order valence-corrected chi connectivity index (χ2v) is 11.4. The molecule has 1 aliphatic carbocycles. The summed E-state index contributed by atoms with van der Waals surface area (Å²) in [6.45, 7) is 3.58. The molecule has 6 rings (SSSR count).